The van der Waals surface area contributed by atoms with Gasteiger partial charge in [0.15, 0.2) is 0 Å². The third-order valence-electron chi connectivity index (χ3n) is 5.55. The quantitative estimate of drug-likeness (QED) is 0.798. The summed E-state index contributed by atoms with van der Waals surface area (Å²) in [6.07, 6.45) is 0.993. The Balaban J connectivity index is 1.47. The molecule has 0 aliphatic carbocycles. The fourth-order valence-corrected chi connectivity index (χ4v) is 3.90. The second kappa shape index (κ2) is 8.75. The van der Waals surface area contributed by atoms with E-state index in [-0.39, 0.29) is 24.9 Å². The van der Waals surface area contributed by atoms with Crippen LogP contribution in [0.15, 0.2) is 42.5 Å². The number of hydrogen-bond donors (Lipinski definition) is 1. The highest BCUT2D eigenvalue weighted by Gasteiger charge is 2.32. The van der Waals surface area contributed by atoms with Gasteiger partial charge in [-0.1, -0.05) is 12.1 Å². The van der Waals surface area contributed by atoms with E-state index in [2.05, 4.69) is 5.32 Å². The van der Waals surface area contributed by atoms with E-state index in [1.54, 1.807) is 36.4 Å². The summed E-state index contributed by atoms with van der Waals surface area (Å²) in [5, 5.41) is 2.61. The summed E-state index contributed by atoms with van der Waals surface area (Å²) in [7, 11) is 0. The van der Waals surface area contributed by atoms with Crippen molar-refractivity contribution < 1.29 is 23.5 Å². The topological polar surface area (TPSA) is 79.0 Å². The molecule has 0 radical (unpaired) electrons. The number of ether oxygens (including phenoxy) is 1. The second-order valence-electron chi connectivity index (χ2n) is 7.79. The molecule has 3 amide bonds. The van der Waals surface area contributed by atoms with Gasteiger partial charge in [0.25, 0.3) is 5.91 Å². The van der Waals surface area contributed by atoms with Crippen LogP contribution < -0.4 is 10.2 Å². The molecule has 2 heterocycles. The molecule has 31 heavy (non-hydrogen) atoms. The van der Waals surface area contributed by atoms with Gasteiger partial charge in [0.1, 0.15) is 11.9 Å². The molecule has 2 aliphatic heterocycles. The summed E-state index contributed by atoms with van der Waals surface area (Å²) in [6, 6.07) is 11.5. The Labute approximate surface area is 179 Å². The number of rotatable bonds is 5. The molecule has 1 atom stereocenters. The largest absolute Gasteiger partial charge is 0.442 e. The molecule has 7 nitrogen and oxygen atoms in total. The fourth-order valence-electron chi connectivity index (χ4n) is 3.90. The van der Waals surface area contributed by atoms with Gasteiger partial charge in [-0.3, -0.25) is 14.5 Å². The predicted octanol–water partition coefficient (Wildman–Crippen LogP) is 3.19. The average molecular weight is 425 g/mol. The Kier molecular flexibility index (Phi) is 5.88. The molecule has 2 fully saturated rings. The molecule has 0 spiro atoms. The zero-order valence-electron chi connectivity index (χ0n) is 17.3. The Bertz CT molecular complexity index is 1000. The van der Waals surface area contributed by atoms with E-state index >= 15 is 0 Å². The first-order valence-corrected chi connectivity index (χ1v) is 10.3. The van der Waals surface area contributed by atoms with Crippen LogP contribution in [0, 0.1) is 5.82 Å². The summed E-state index contributed by atoms with van der Waals surface area (Å²) >= 11 is 0. The van der Waals surface area contributed by atoms with Crippen LogP contribution in [0.1, 0.15) is 30.1 Å². The smallest absolute Gasteiger partial charge is 0.414 e. The van der Waals surface area contributed by atoms with Crippen LogP contribution >= 0.6 is 0 Å². The van der Waals surface area contributed by atoms with Crippen molar-refractivity contribution in [1.82, 2.24) is 10.2 Å². The number of nitrogens with one attached hydrogen (secondary N) is 1. The van der Waals surface area contributed by atoms with Crippen LogP contribution in [-0.4, -0.2) is 55.1 Å². The van der Waals surface area contributed by atoms with Crippen molar-refractivity contribution in [3.63, 3.8) is 0 Å². The summed E-state index contributed by atoms with van der Waals surface area (Å²) in [5.41, 5.74) is 2.01. The van der Waals surface area contributed by atoms with Crippen molar-refractivity contribution in [3.05, 3.63) is 53.8 Å². The number of nitrogens with zero attached hydrogens (tertiary/aromatic N) is 2. The Morgan fingerprint density at radius 3 is 2.48 bits per heavy atom. The molecule has 2 aromatic rings. The molecule has 0 saturated carbocycles. The van der Waals surface area contributed by atoms with Crippen LogP contribution in [0.5, 0.6) is 0 Å². The lowest BCUT2D eigenvalue weighted by Crippen LogP contribution is -2.33. The minimum absolute atomic E-state index is 0.00114. The van der Waals surface area contributed by atoms with Crippen molar-refractivity contribution in [2.45, 2.75) is 25.9 Å². The lowest BCUT2D eigenvalue weighted by Gasteiger charge is -2.16. The van der Waals surface area contributed by atoms with Gasteiger partial charge in [0.2, 0.25) is 5.91 Å². The van der Waals surface area contributed by atoms with E-state index in [9.17, 15) is 18.8 Å². The second-order valence-corrected chi connectivity index (χ2v) is 7.79. The van der Waals surface area contributed by atoms with Crippen molar-refractivity contribution in [2.24, 2.45) is 0 Å². The number of benzene rings is 2. The maximum atomic E-state index is 14.9. The van der Waals surface area contributed by atoms with Gasteiger partial charge in [-0.05, 0) is 48.7 Å². The third kappa shape index (κ3) is 4.52. The highest BCUT2D eigenvalue weighted by molar-refractivity contribution is 5.95. The van der Waals surface area contributed by atoms with Gasteiger partial charge in [0, 0.05) is 31.1 Å². The molecule has 1 N–H and O–H groups in total. The summed E-state index contributed by atoms with van der Waals surface area (Å²) in [5.74, 6) is -0.687. The van der Waals surface area contributed by atoms with E-state index in [4.69, 9.17) is 4.74 Å². The molecule has 2 aliphatic rings. The molecule has 0 bridgehead atoms. The lowest BCUT2D eigenvalue weighted by molar-refractivity contribution is -0.119. The fraction of sp³-hybridized carbons (Fsp3) is 0.348. The van der Waals surface area contributed by atoms with Crippen LogP contribution in [0.25, 0.3) is 11.1 Å². The molecule has 162 valence electrons. The maximum Gasteiger partial charge on any atom is 0.414 e. The standard InChI is InChI=1S/C23H24FN3O4/c1-15(28)25-13-19-14-27(23(30)31-19)18-8-9-20(21(24)12-18)16-4-6-17(7-5-16)22(29)26-10-2-3-11-26/h4-9,12,19H,2-3,10-11,13-14H2,1H3,(H,25,28)/t19-/m0/s1. The minimum atomic E-state index is -0.577. The SMILES string of the molecule is CC(=O)NC[C@H]1CN(c2ccc(-c3ccc(C(=O)N4CCCC4)cc3)c(F)c2)C(=O)O1. The highest BCUT2D eigenvalue weighted by atomic mass is 19.1. The van der Waals surface area contributed by atoms with E-state index in [1.165, 1.54) is 17.9 Å². The van der Waals surface area contributed by atoms with Gasteiger partial charge in [0.05, 0.1) is 18.8 Å². The third-order valence-corrected chi connectivity index (χ3v) is 5.55. The number of likely N-dealkylation sites (tertiary alicyclic amines) is 1. The Morgan fingerprint density at radius 1 is 1.13 bits per heavy atom. The molecule has 0 aromatic heterocycles. The molecular formula is C23H24FN3O4. The Hall–Kier alpha value is -3.42. The first-order chi connectivity index (χ1) is 14.9. The van der Waals surface area contributed by atoms with Gasteiger partial charge < -0.3 is 15.0 Å². The zero-order valence-corrected chi connectivity index (χ0v) is 17.3. The Morgan fingerprint density at radius 2 is 1.84 bits per heavy atom. The van der Waals surface area contributed by atoms with E-state index < -0.39 is 18.0 Å². The van der Waals surface area contributed by atoms with Crippen LogP contribution in [0.3, 0.4) is 0 Å². The predicted molar refractivity (Wildman–Crippen MR) is 113 cm³/mol. The average Bonchev–Trinajstić information content (AvgIpc) is 3.42. The van der Waals surface area contributed by atoms with Crippen molar-refractivity contribution in [2.75, 3.05) is 31.1 Å². The lowest BCUT2D eigenvalue weighted by atomic mass is 10.0. The summed E-state index contributed by atoms with van der Waals surface area (Å²) < 4.78 is 20.1. The van der Waals surface area contributed by atoms with Crippen molar-refractivity contribution >= 4 is 23.6 Å². The van der Waals surface area contributed by atoms with Gasteiger partial charge in [-0.2, -0.15) is 0 Å². The molecule has 2 aromatic carbocycles. The molecule has 8 heteroatoms. The number of hydrogen-bond acceptors (Lipinski definition) is 4. The van der Waals surface area contributed by atoms with Gasteiger partial charge >= 0.3 is 6.09 Å². The van der Waals surface area contributed by atoms with E-state index in [1.807, 2.05) is 4.90 Å². The van der Waals surface area contributed by atoms with E-state index in [0.29, 0.717) is 22.4 Å². The number of amides is 3. The normalized spacial score (nSPS) is 18.3. The maximum absolute atomic E-state index is 14.9. The van der Waals surface area contributed by atoms with Crippen LogP contribution in [0.2, 0.25) is 0 Å². The van der Waals surface area contributed by atoms with E-state index in [0.717, 1.165) is 25.9 Å². The summed E-state index contributed by atoms with van der Waals surface area (Å²) in [4.78, 5) is 38.8. The zero-order chi connectivity index (χ0) is 22.0. The van der Waals surface area contributed by atoms with Gasteiger partial charge in [-0.25, -0.2) is 9.18 Å². The molecule has 2 saturated heterocycles. The van der Waals surface area contributed by atoms with Gasteiger partial charge in [-0.15, -0.1) is 0 Å². The summed E-state index contributed by atoms with van der Waals surface area (Å²) in [6.45, 7) is 3.38. The number of cyclic esters (lactones) is 1. The highest BCUT2D eigenvalue weighted by Crippen LogP contribution is 2.29. The monoisotopic (exact) mass is 425 g/mol. The van der Waals surface area contributed by atoms with Crippen molar-refractivity contribution in [3.8, 4) is 11.1 Å². The van der Waals surface area contributed by atoms with Crippen LogP contribution in [0.4, 0.5) is 14.9 Å². The minimum Gasteiger partial charge on any atom is -0.442 e. The first-order valence-electron chi connectivity index (χ1n) is 10.3. The first kappa shape index (κ1) is 20.8. The van der Waals surface area contributed by atoms with Crippen molar-refractivity contribution in [1.29, 1.82) is 0 Å². The molecular weight excluding hydrogens is 401 g/mol. The number of carbonyl (C=O) groups excluding carboxylic acids is 3. The molecule has 0 unspecified atom stereocenters. The number of halogens is 1. The molecule has 4 rings (SSSR count). The number of carbonyl (C=O) groups is 3. The van der Waals surface area contributed by atoms with Crippen LogP contribution in [-0.2, 0) is 9.53 Å². The number of anilines is 1.